The number of fused-ring (bicyclic) bond motifs is 1. The average molecular weight is 325 g/mol. The van der Waals surface area contributed by atoms with Gasteiger partial charge in [0.25, 0.3) is 0 Å². The maximum Gasteiger partial charge on any atom is 0.245 e. The molecule has 1 aromatic carbocycles. The minimum absolute atomic E-state index is 0.158. The van der Waals surface area contributed by atoms with Crippen LogP contribution in [0.5, 0.6) is 0 Å². The van der Waals surface area contributed by atoms with Crippen molar-refractivity contribution in [2.45, 2.75) is 44.1 Å². The van der Waals surface area contributed by atoms with Crippen LogP contribution in [0.15, 0.2) is 15.6 Å². The fourth-order valence-corrected chi connectivity index (χ4v) is 4.81. The van der Waals surface area contributed by atoms with E-state index in [0.717, 1.165) is 5.56 Å². The molecule has 22 heavy (non-hydrogen) atoms. The molecule has 0 amide bonds. The number of benzene rings is 1. The van der Waals surface area contributed by atoms with Crippen molar-refractivity contribution in [3.63, 3.8) is 0 Å². The van der Waals surface area contributed by atoms with E-state index in [1.54, 1.807) is 13.0 Å². The molecule has 1 unspecified atom stereocenters. The summed E-state index contributed by atoms with van der Waals surface area (Å²) in [4.78, 5) is 0.158. The van der Waals surface area contributed by atoms with E-state index in [1.807, 2.05) is 6.92 Å². The number of nitrogens with zero attached hydrogens (tertiary/aromatic N) is 3. The molecule has 1 atom stereocenters. The normalized spacial score (nSPS) is 21.1. The number of aliphatic hydroxyl groups is 1. The fraction of sp³-hybridized carbons (Fsp3) is 0.571. The summed E-state index contributed by atoms with van der Waals surface area (Å²) < 4.78 is 32.2. The number of aliphatic hydroxyl groups excluding tert-OH is 1. The van der Waals surface area contributed by atoms with Gasteiger partial charge in [0.1, 0.15) is 10.4 Å². The Balaban J connectivity index is 2.11. The number of hydrogen-bond donors (Lipinski definition) is 1. The SMILES string of the molecule is Cc1cc(C)c2nonc2c1S(=O)(=O)N1CCCC(O)CC1. The summed E-state index contributed by atoms with van der Waals surface area (Å²) in [6, 6.07) is 1.78. The highest BCUT2D eigenvalue weighted by atomic mass is 32.2. The lowest BCUT2D eigenvalue weighted by Crippen LogP contribution is -2.33. The van der Waals surface area contributed by atoms with Gasteiger partial charge in [-0.25, -0.2) is 13.0 Å². The number of aromatic nitrogens is 2. The van der Waals surface area contributed by atoms with Gasteiger partial charge in [0.2, 0.25) is 10.0 Å². The van der Waals surface area contributed by atoms with Gasteiger partial charge >= 0.3 is 0 Å². The van der Waals surface area contributed by atoms with Gasteiger partial charge in [-0.05, 0) is 54.6 Å². The molecular weight excluding hydrogens is 306 g/mol. The maximum atomic E-state index is 13.0. The van der Waals surface area contributed by atoms with Crippen molar-refractivity contribution in [3.05, 3.63) is 17.2 Å². The molecule has 1 aromatic heterocycles. The summed E-state index contributed by atoms with van der Waals surface area (Å²) in [6.07, 6.45) is 1.28. The van der Waals surface area contributed by atoms with Gasteiger partial charge in [-0.1, -0.05) is 6.07 Å². The molecule has 2 heterocycles. The van der Waals surface area contributed by atoms with Crippen molar-refractivity contribution < 1.29 is 18.2 Å². The van der Waals surface area contributed by atoms with Crippen molar-refractivity contribution in [1.29, 1.82) is 0 Å². The van der Waals surface area contributed by atoms with Crippen LogP contribution in [0.1, 0.15) is 30.4 Å². The molecule has 1 fully saturated rings. The molecule has 0 bridgehead atoms. The third kappa shape index (κ3) is 2.51. The zero-order valence-electron chi connectivity index (χ0n) is 12.6. The fourth-order valence-electron chi connectivity index (χ4n) is 2.99. The van der Waals surface area contributed by atoms with E-state index in [1.165, 1.54) is 4.31 Å². The third-order valence-corrected chi connectivity index (χ3v) is 6.20. The summed E-state index contributed by atoms with van der Waals surface area (Å²) >= 11 is 0. The van der Waals surface area contributed by atoms with Gasteiger partial charge in [0.05, 0.1) is 6.10 Å². The lowest BCUT2D eigenvalue weighted by atomic mass is 10.1. The molecule has 1 aliphatic rings. The van der Waals surface area contributed by atoms with E-state index in [4.69, 9.17) is 4.63 Å². The van der Waals surface area contributed by atoms with Crippen LogP contribution >= 0.6 is 0 Å². The zero-order chi connectivity index (χ0) is 15.9. The monoisotopic (exact) mass is 325 g/mol. The summed E-state index contributed by atoms with van der Waals surface area (Å²) in [6.45, 7) is 4.31. The van der Waals surface area contributed by atoms with Crippen LogP contribution in [0.25, 0.3) is 11.0 Å². The molecule has 7 nitrogen and oxygen atoms in total. The number of hydrogen-bond acceptors (Lipinski definition) is 6. The molecule has 0 radical (unpaired) electrons. The van der Waals surface area contributed by atoms with Crippen LogP contribution in [0.2, 0.25) is 0 Å². The minimum Gasteiger partial charge on any atom is -0.393 e. The highest BCUT2D eigenvalue weighted by Gasteiger charge is 2.31. The third-order valence-electron chi connectivity index (χ3n) is 4.12. The summed E-state index contributed by atoms with van der Waals surface area (Å²) in [5.41, 5.74) is 2.21. The molecule has 2 aromatic rings. The molecule has 120 valence electrons. The number of sulfonamides is 1. The van der Waals surface area contributed by atoms with Crippen molar-refractivity contribution >= 4 is 21.1 Å². The quantitative estimate of drug-likeness (QED) is 0.896. The van der Waals surface area contributed by atoms with Crippen LogP contribution < -0.4 is 0 Å². The Labute approximate surface area is 128 Å². The van der Waals surface area contributed by atoms with Gasteiger partial charge < -0.3 is 5.11 Å². The van der Waals surface area contributed by atoms with E-state index in [2.05, 4.69) is 10.3 Å². The molecule has 1 aliphatic heterocycles. The molecule has 0 saturated carbocycles. The second kappa shape index (κ2) is 5.60. The first kappa shape index (κ1) is 15.4. The van der Waals surface area contributed by atoms with Crippen LogP contribution in [-0.2, 0) is 10.0 Å². The Hall–Kier alpha value is -1.51. The van der Waals surface area contributed by atoms with Gasteiger partial charge in [0.15, 0.2) is 5.52 Å². The Morgan fingerprint density at radius 1 is 1.18 bits per heavy atom. The number of rotatable bonds is 2. The highest BCUT2D eigenvalue weighted by Crippen LogP contribution is 2.30. The summed E-state index contributed by atoms with van der Waals surface area (Å²) in [5, 5.41) is 17.3. The summed E-state index contributed by atoms with van der Waals surface area (Å²) in [5.74, 6) is 0. The Kier molecular flexibility index (Phi) is 3.92. The lowest BCUT2D eigenvalue weighted by molar-refractivity contribution is 0.159. The minimum atomic E-state index is -3.69. The molecule has 0 aliphatic carbocycles. The van der Waals surface area contributed by atoms with Crippen molar-refractivity contribution in [2.75, 3.05) is 13.1 Å². The standard InChI is InChI=1S/C14H19N3O4S/c1-9-8-10(2)14(13-12(9)15-21-16-13)22(19,20)17-6-3-4-11(18)5-7-17/h8,11,18H,3-7H2,1-2H3. The Morgan fingerprint density at radius 2 is 1.91 bits per heavy atom. The van der Waals surface area contributed by atoms with E-state index < -0.39 is 16.1 Å². The topological polar surface area (TPSA) is 96.5 Å². The molecule has 1 saturated heterocycles. The van der Waals surface area contributed by atoms with Crippen LogP contribution in [0.3, 0.4) is 0 Å². The van der Waals surface area contributed by atoms with Crippen LogP contribution in [0.4, 0.5) is 0 Å². The molecule has 8 heteroatoms. The largest absolute Gasteiger partial charge is 0.393 e. The van der Waals surface area contributed by atoms with E-state index in [-0.39, 0.29) is 10.4 Å². The summed E-state index contributed by atoms with van der Waals surface area (Å²) in [7, 11) is -3.69. The average Bonchev–Trinajstić information content (AvgIpc) is 2.80. The lowest BCUT2D eigenvalue weighted by Gasteiger charge is -2.21. The Morgan fingerprint density at radius 3 is 2.68 bits per heavy atom. The first-order chi connectivity index (χ1) is 10.4. The zero-order valence-corrected chi connectivity index (χ0v) is 13.4. The predicted molar refractivity (Wildman–Crippen MR) is 79.9 cm³/mol. The van der Waals surface area contributed by atoms with Crippen LogP contribution in [0, 0.1) is 13.8 Å². The molecule has 1 N–H and O–H groups in total. The first-order valence-electron chi connectivity index (χ1n) is 7.32. The van der Waals surface area contributed by atoms with E-state index in [0.29, 0.717) is 43.4 Å². The maximum absolute atomic E-state index is 13.0. The van der Waals surface area contributed by atoms with E-state index >= 15 is 0 Å². The van der Waals surface area contributed by atoms with Crippen molar-refractivity contribution in [3.8, 4) is 0 Å². The van der Waals surface area contributed by atoms with Gasteiger partial charge in [-0.3, -0.25) is 0 Å². The Bertz CT molecular complexity index is 800. The highest BCUT2D eigenvalue weighted by molar-refractivity contribution is 7.89. The van der Waals surface area contributed by atoms with Gasteiger partial charge in [0, 0.05) is 13.1 Å². The predicted octanol–water partition coefficient (Wildman–Crippen LogP) is 1.38. The first-order valence-corrected chi connectivity index (χ1v) is 8.76. The second-order valence-electron chi connectivity index (χ2n) is 5.79. The van der Waals surface area contributed by atoms with Crippen LogP contribution in [-0.4, -0.2) is 47.3 Å². The van der Waals surface area contributed by atoms with Crippen molar-refractivity contribution in [1.82, 2.24) is 14.6 Å². The van der Waals surface area contributed by atoms with E-state index in [9.17, 15) is 13.5 Å². The molecular formula is C14H19N3O4S. The number of aryl methyl sites for hydroxylation is 2. The molecule has 0 spiro atoms. The smallest absolute Gasteiger partial charge is 0.245 e. The van der Waals surface area contributed by atoms with Gasteiger partial charge in [-0.15, -0.1) is 0 Å². The van der Waals surface area contributed by atoms with Crippen molar-refractivity contribution in [2.24, 2.45) is 0 Å². The molecule has 3 rings (SSSR count). The van der Waals surface area contributed by atoms with Gasteiger partial charge in [-0.2, -0.15) is 4.31 Å². The second-order valence-corrected chi connectivity index (χ2v) is 7.66.